The van der Waals surface area contributed by atoms with E-state index in [1.807, 2.05) is 23.1 Å². The van der Waals surface area contributed by atoms with Crippen LogP contribution in [0.4, 0.5) is 0 Å². The molecule has 0 bridgehead atoms. The number of benzene rings is 2. The van der Waals surface area contributed by atoms with Gasteiger partial charge in [-0.25, -0.2) is 17.7 Å². The van der Waals surface area contributed by atoms with Crippen molar-refractivity contribution in [2.24, 2.45) is 0 Å². The van der Waals surface area contributed by atoms with Gasteiger partial charge in [-0.3, -0.25) is 4.79 Å². The smallest absolute Gasteiger partial charge is 0.254 e. The Bertz CT molecular complexity index is 1500. The maximum Gasteiger partial charge on any atom is 0.254 e. The summed E-state index contributed by atoms with van der Waals surface area (Å²) in [6, 6.07) is 17.3. The fraction of sp³-hybridized carbons (Fsp3) is 0.333. The predicted octanol–water partition coefficient (Wildman–Crippen LogP) is 3.83. The molecule has 7 nitrogen and oxygen atoms in total. The Kier molecular flexibility index (Phi) is 7.50. The minimum absolute atomic E-state index is 0.0408. The van der Waals surface area contributed by atoms with Crippen molar-refractivity contribution in [2.75, 3.05) is 33.0 Å². The molecule has 38 heavy (non-hydrogen) atoms. The Balaban J connectivity index is 1.37. The second-order valence-corrected chi connectivity index (χ2v) is 11.8. The van der Waals surface area contributed by atoms with E-state index in [2.05, 4.69) is 35.0 Å². The van der Waals surface area contributed by atoms with E-state index in [-0.39, 0.29) is 11.8 Å². The number of aromatic nitrogens is 1. The van der Waals surface area contributed by atoms with Gasteiger partial charge in [-0.2, -0.15) is 0 Å². The molecule has 0 spiro atoms. The molecule has 196 valence electrons. The zero-order valence-electron chi connectivity index (χ0n) is 21.7. The van der Waals surface area contributed by atoms with Gasteiger partial charge in [-0.15, -0.1) is 0 Å². The largest absolute Gasteiger partial charge is 0.495 e. The van der Waals surface area contributed by atoms with Crippen molar-refractivity contribution < 1.29 is 17.9 Å². The number of ether oxygens (including phenoxy) is 1. The molecule has 0 radical (unpaired) electrons. The Morgan fingerprint density at radius 1 is 1.03 bits per heavy atom. The van der Waals surface area contributed by atoms with Crippen LogP contribution in [0.1, 0.15) is 57.1 Å². The summed E-state index contributed by atoms with van der Waals surface area (Å²) in [7, 11) is -1.58. The summed E-state index contributed by atoms with van der Waals surface area (Å²) in [6.07, 6.45) is 5.33. The van der Waals surface area contributed by atoms with Gasteiger partial charge in [0.1, 0.15) is 11.4 Å². The highest BCUT2D eigenvalue weighted by atomic mass is 32.2. The summed E-state index contributed by atoms with van der Waals surface area (Å²) in [4.78, 5) is 19.8. The van der Waals surface area contributed by atoms with Gasteiger partial charge in [-0.05, 0) is 78.1 Å². The number of hydrogen-bond acceptors (Lipinski definition) is 5. The lowest BCUT2D eigenvalue weighted by Gasteiger charge is -2.35. The van der Waals surface area contributed by atoms with E-state index in [1.54, 1.807) is 35.8 Å². The highest BCUT2D eigenvalue weighted by Crippen LogP contribution is 2.35. The van der Waals surface area contributed by atoms with E-state index < -0.39 is 10.0 Å². The van der Waals surface area contributed by atoms with Gasteiger partial charge in [0.25, 0.3) is 5.91 Å². The van der Waals surface area contributed by atoms with Crippen molar-refractivity contribution in [3.63, 3.8) is 0 Å². The van der Waals surface area contributed by atoms with Crippen LogP contribution in [0.15, 0.2) is 60.8 Å². The van der Waals surface area contributed by atoms with Crippen LogP contribution < -0.4 is 4.74 Å². The number of carbonyl (C=O) groups is 1. The Morgan fingerprint density at radius 3 is 2.55 bits per heavy atom. The lowest BCUT2D eigenvalue weighted by molar-refractivity contribution is 0.0733. The van der Waals surface area contributed by atoms with Gasteiger partial charge in [-0.1, -0.05) is 30.2 Å². The Morgan fingerprint density at radius 2 is 1.84 bits per heavy atom. The highest BCUT2D eigenvalue weighted by Gasteiger charge is 2.30. The highest BCUT2D eigenvalue weighted by molar-refractivity contribution is 7.88. The zero-order chi connectivity index (χ0) is 26.7. The summed E-state index contributed by atoms with van der Waals surface area (Å²) >= 11 is 0. The summed E-state index contributed by atoms with van der Waals surface area (Å²) in [5.74, 6) is 7.00. The molecule has 2 aliphatic heterocycles. The average Bonchev–Trinajstić information content (AvgIpc) is 2.95. The lowest BCUT2D eigenvalue weighted by Crippen LogP contribution is -2.39. The molecule has 0 unspecified atom stereocenters. The summed E-state index contributed by atoms with van der Waals surface area (Å²) < 4.78 is 31.0. The maximum atomic E-state index is 13.6. The monoisotopic (exact) mass is 529 g/mol. The number of sulfonamides is 1. The quantitative estimate of drug-likeness (QED) is 0.480. The minimum atomic E-state index is -3.17. The molecule has 0 saturated carbocycles. The van der Waals surface area contributed by atoms with Crippen molar-refractivity contribution in [2.45, 2.75) is 31.7 Å². The molecule has 3 aromatic rings. The first-order valence-corrected chi connectivity index (χ1v) is 14.6. The van der Waals surface area contributed by atoms with Crippen LogP contribution in [-0.4, -0.2) is 61.5 Å². The number of pyridine rings is 1. The molecule has 8 heteroatoms. The maximum absolute atomic E-state index is 13.6. The summed E-state index contributed by atoms with van der Waals surface area (Å²) in [5, 5.41) is 0. The van der Waals surface area contributed by atoms with Crippen molar-refractivity contribution in [3.8, 4) is 17.6 Å². The molecule has 5 rings (SSSR count). The van der Waals surface area contributed by atoms with E-state index >= 15 is 0 Å². The van der Waals surface area contributed by atoms with Crippen LogP contribution >= 0.6 is 0 Å². The Hall–Kier alpha value is -3.67. The number of carbonyl (C=O) groups excluding carboxylic acids is 1. The van der Waals surface area contributed by atoms with Crippen molar-refractivity contribution in [1.29, 1.82) is 0 Å². The van der Waals surface area contributed by atoms with Crippen LogP contribution in [0.25, 0.3) is 0 Å². The molecule has 0 N–H and O–H groups in total. The molecule has 0 atom stereocenters. The second-order valence-electron chi connectivity index (χ2n) is 9.78. The molecular formula is C30H31N3O4S. The second kappa shape index (κ2) is 11.0. The summed E-state index contributed by atoms with van der Waals surface area (Å²) in [6.45, 7) is 2.24. The standard InChI is InChI=1S/C30H31N3O4S/c1-37-29-12-10-25(20-24(29)9-11-26-7-3-4-16-31-26)30(34)32-17-13-22-6-5-8-27(28(22)21-32)23-14-18-33(19-15-23)38(2,35)36/h3-8,10,12,16,20,23H,13-15,17-19,21H2,1-2H3. The van der Waals surface area contributed by atoms with E-state index in [4.69, 9.17) is 4.74 Å². The minimum Gasteiger partial charge on any atom is -0.495 e. The molecule has 1 saturated heterocycles. The molecule has 1 fully saturated rings. The third-order valence-electron chi connectivity index (χ3n) is 7.40. The third-order valence-corrected chi connectivity index (χ3v) is 8.70. The molecule has 1 amide bonds. The molecule has 1 aromatic heterocycles. The third kappa shape index (κ3) is 5.59. The Labute approximate surface area is 224 Å². The number of methoxy groups -OCH3 is 1. The van der Waals surface area contributed by atoms with Gasteiger partial charge in [0.15, 0.2) is 0 Å². The van der Waals surface area contributed by atoms with Crippen LogP contribution in [0.2, 0.25) is 0 Å². The number of nitrogens with zero attached hydrogens (tertiary/aromatic N) is 3. The van der Waals surface area contributed by atoms with E-state index in [9.17, 15) is 13.2 Å². The van der Waals surface area contributed by atoms with E-state index in [0.29, 0.717) is 48.7 Å². The molecule has 2 aliphatic rings. The first kappa shape index (κ1) is 26.0. The molecule has 0 aliphatic carbocycles. The first-order chi connectivity index (χ1) is 18.3. The number of amides is 1. The van der Waals surface area contributed by atoms with Gasteiger partial charge < -0.3 is 9.64 Å². The summed E-state index contributed by atoms with van der Waals surface area (Å²) in [5.41, 5.74) is 5.57. The van der Waals surface area contributed by atoms with Gasteiger partial charge in [0.2, 0.25) is 10.0 Å². The number of piperidine rings is 1. The first-order valence-electron chi connectivity index (χ1n) is 12.8. The zero-order valence-corrected chi connectivity index (χ0v) is 22.5. The van der Waals surface area contributed by atoms with E-state index in [1.165, 1.54) is 22.9 Å². The topological polar surface area (TPSA) is 79.8 Å². The fourth-order valence-corrected chi connectivity index (χ4v) is 6.22. The van der Waals surface area contributed by atoms with Gasteiger partial charge in [0, 0.05) is 37.9 Å². The van der Waals surface area contributed by atoms with Crippen LogP contribution in [0.5, 0.6) is 5.75 Å². The lowest BCUT2D eigenvalue weighted by atomic mass is 9.83. The van der Waals surface area contributed by atoms with Crippen molar-refractivity contribution >= 4 is 15.9 Å². The van der Waals surface area contributed by atoms with Gasteiger partial charge in [0.05, 0.1) is 18.9 Å². The predicted molar refractivity (Wildman–Crippen MR) is 146 cm³/mol. The van der Waals surface area contributed by atoms with Gasteiger partial charge >= 0.3 is 0 Å². The molecule has 2 aromatic carbocycles. The average molecular weight is 530 g/mol. The molecule has 3 heterocycles. The normalized spacial score (nSPS) is 16.3. The van der Waals surface area contributed by atoms with E-state index in [0.717, 1.165) is 19.3 Å². The van der Waals surface area contributed by atoms with Crippen molar-refractivity contribution in [3.05, 3.63) is 94.3 Å². The fourth-order valence-electron chi connectivity index (χ4n) is 5.35. The van der Waals surface area contributed by atoms with Crippen LogP contribution in [0, 0.1) is 11.8 Å². The SMILES string of the molecule is COc1ccc(C(=O)N2CCc3cccc(C4CCN(S(C)(=O)=O)CC4)c3C2)cc1C#Cc1ccccn1. The van der Waals surface area contributed by atoms with Crippen molar-refractivity contribution in [1.82, 2.24) is 14.2 Å². The van der Waals surface area contributed by atoms with Crippen LogP contribution in [0.3, 0.4) is 0 Å². The number of fused-ring (bicyclic) bond motifs is 1. The molecular weight excluding hydrogens is 498 g/mol. The van der Waals surface area contributed by atoms with Crippen LogP contribution in [-0.2, 0) is 23.0 Å². The number of rotatable bonds is 4. The number of hydrogen-bond donors (Lipinski definition) is 0.